The molecule has 0 fully saturated rings. The number of benzene rings is 1. The van der Waals surface area contributed by atoms with Gasteiger partial charge in [0.1, 0.15) is 22.5 Å². The first-order chi connectivity index (χ1) is 21.2. The summed E-state index contributed by atoms with van der Waals surface area (Å²) in [4.78, 5) is 43.0. The molecule has 0 saturated carbocycles. The largest absolute Gasteiger partial charge is 0.459 e. The van der Waals surface area contributed by atoms with Crippen molar-refractivity contribution in [3.05, 3.63) is 54.4 Å². The summed E-state index contributed by atoms with van der Waals surface area (Å²) < 4.78 is 20.2. The Morgan fingerprint density at radius 3 is 2.56 bits per heavy atom. The molecular formula is C31H37N9O5. The molecule has 0 radical (unpaired) electrons. The number of furan rings is 1. The van der Waals surface area contributed by atoms with Crippen LogP contribution in [0.25, 0.3) is 22.0 Å². The smallest absolute Gasteiger partial charge is 0.435 e. The third-order valence-corrected chi connectivity index (χ3v) is 7.03. The summed E-state index contributed by atoms with van der Waals surface area (Å²) in [7, 11) is 1.71. The molecule has 0 spiro atoms. The molecule has 5 aromatic rings. The molecule has 14 heteroatoms. The lowest BCUT2D eigenvalue weighted by Crippen LogP contribution is -2.37. The van der Waals surface area contributed by atoms with Gasteiger partial charge in [-0.05, 0) is 59.7 Å². The quantitative estimate of drug-likeness (QED) is 0.260. The predicted molar refractivity (Wildman–Crippen MR) is 167 cm³/mol. The molecular weight excluding hydrogens is 578 g/mol. The zero-order chi connectivity index (χ0) is 32.1. The lowest BCUT2D eigenvalue weighted by Gasteiger charge is -2.30. The first-order valence-electron chi connectivity index (χ1n) is 14.7. The van der Waals surface area contributed by atoms with Crippen molar-refractivity contribution in [2.45, 2.75) is 72.4 Å². The van der Waals surface area contributed by atoms with Crippen molar-refractivity contribution < 1.29 is 23.5 Å². The van der Waals surface area contributed by atoms with Crippen LogP contribution in [0.3, 0.4) is 0 Å². The van der Waals surface area contributed by atoms with Gasteiger partial charge in [-0.3, -0.25) is 0 Å². The molecule has 0 atom stereocenters. The minimum absolute atomic E-state index is 0.329. The molecule has 1 amide bonds. The zero-order valence-electron chi connectivity index (χ0n) is 26.5. The maximum absolute atomic E-state index is 12.8. The number of carbonyl (C=O) groups excluding carboxylic acids is 2. The minimum Gasteiger partial charge on any atom is -0.459 e. The van der Waals surface area contributed by atoms with Gasteiger partial charge in [0.25, 0.3) is 0 Å². The molecule has 1 aliphatic rings. The van der Waals surface area contributed by atoms with E-state index in [2.05, 4.69) is 29.9 Å². The van der Waals surface area contributed by atoms with Gasteiger partial charge in [0.15, 0.2) is 11.4 Å². The number of rotatable bonds is 5. The molecule has 1 aromatic carbocycles. The van der Waals surface area contributed by atoms with Gasteiger partial charge in [-0.1, -0.05) is 0 Å². The summed E-state index contributed by atoms with van der Waals surface area (Å²) in [6.45, 7) is 13.1. The van der Waals surface area contributed by atoms with Crippen LogP contribution in [0.1, 0.15) is 53.1 Å². The van der Waals surface area contributed by atoms with Gasteiger partial charge in [-0.15, -0.1) is 0 Å². The normalized spacial score (nSPS) is 13.6. The lowest BCUT2D eigenvalue weighted by molar-refractivity contribution is 0.0278. The van der Waals surface area contributed by atoms with Gasteiger partial charge in [0, 0.05) is 37.3 Å². The first kappa shape index (κ1) is 29.9. The average Bonchev–Trinajstić information content (AvgIpc) is 3.69. The Morgan fingerprint density at radius 2 is 1.80 bits per heavy atom. The van der Waals surface area contributed by atoms with Crippen LogP contribution in [0.4, 0.5) is 27.0 Å². The van der Waals surface area contributed by atoms with E-state index in [4.69, 9.17) is 18.9 Å². The highest BCUT2D eigenvalue weighted by atomic mass is 16.6. The summed E-state index contributed by atoms with van der Waals surface area (Å²) in [5.41, 5.74) is 2.27. The van der Waals surface area contributed by atoms with E-state index in [1.807, 2.05) is 65.9 Å². The van der Waals surface area contributed by atoms with Crippen molar-refractivity contribution in [1.82, 2.24) is 34.2 Å². The Bertz CT molecular complexity index is 1890. The lowest BCUT2D eigenvalue weighted by atomic mass is 10.2. The molecule has 6 rings (SSSR count). The summed E-state index contributed by atoms with van der Waals surface area (Å²) in [6.07, 6.45) is 4.09. The Balaban J connectivity index is 1.23. The van der Waals surface area contributed by atoms with Crippen molar-refractivity contribution in [3.63, 3.8) is 0 Å². The summed E-state index contributed by atoms with van der Waals surface area (Å²) >= 11 is 0. The second-order valence-electron chi connectivity index (χ2n) is 13.0. The Labute approximate surface area is 259 Å². The molecule has 0 saturated heterocycles. The van der Waals surface area contributed by atoms with Gasteiger partial charge in [-0.2, -0.15) is 14.8 Å². The SMILES string of the molecule is CN(Cc1ncc2n1CCN(c1nc(Nc3ccc4cnn(C(=O)OC(C)(C)C)c4c3)nc3ccoc13)C2)C(=O)OC(C)(C)C. The monoisotopic (exact) mass is 615 g/mol. The van der Waals surface area contributed by atoms with E-state index in [9.17, 15) is 9.59 Å². The van der Waals surface area contributed by atoms with Crippen LogP contribution in [0.5, 0.6) is 0 Å². The number of nitrogens with one attached hydrogen (secondary N) is 1. The van der Waals surface area contributed by atoms with Crippen molar-refractivity contribution in [3.8, 4) is 0 Å². The van der Waals surface area contributed by atoms with Crippen molar-refractivity contribution in [2.24, 2.45) is 0 Å². The van der Waals surface area contributed by atoms with E-state index in [-0.39, 0.29) is 0 Å². The third kappa shape index (κ3) is 6.40. The number of ether oxygens (including phenoxy) is 2. The Hall–Kier alpha value is -5.14. The zero-order valence-corrected chi connectivity index (χ0v) is 26.5. The number of aromatic nitrogens is 6. The number of nitrogens with zero attached hydrogens (tertiary/aromatic N) is 8. The molecule has 4 aromatic heterocycles. The van der Waals surface area contributed by atoms with Crippen LogP contribution in [0.2, 0.25) is 0 Å². The van der Waals surface area contributed by atoms with Crippen LogP contribution in [0.15, 0.2) is 47.3 Å². The standard InChI is InChI=1S/C31H37N9O5/c1-30(2,3)44-28(41)37(7)18-24-32-16-21-17-38(11-12-39(21)24)26-25-22(10-13-43-25)35-27(36-26)34-20-9-8-19-15-33-40(23(19)14-20)29(42)45-31(4,5)6/h8-10,13-16H,11-12,17-18H2,1-7H3,(H,34,35,36). The van der Waals surface area contributed by atoms with E-state index >= 15 is 0 Å². The number of hydrogen-bond donors (Lipinski definition) is 1. The fourth-order valence-electron chi connectivity index (χ4n) is 5.07. The Morgan fingerprint density at radius 1 is 1.02 bits per heavy atom. The Kier molecular flexibility index (Phi) is 7.37. The number of amides is 1. The highest BCUT2D eigenvalue weighted by Gasteiger charge is 2.27. The topological polar surface area (TPSA) is 146 Å². The summed E-state index contributed by atoms with van der Waals surface area (Å²) in [5, 5.41) is 8.30. The fraction of sp³-hybridized carbons (Fsp3) is 0.419. The van der Waals surface area contributed by atoms with Crippen LogP contribution < -0.4 is 10.2 Å². The molecule has 236 valence electrons. The number of carbonyl (C=O) groups is 2. The van der Waals surface area contributed by atoms with Gasteiger partial charge in [0.2, 0.25) is 5.95 Å². The molecule has 45 heavy (non-hydrogen) atoms. The number of hydrogen-bond acceptors (Lipinski definition) is 11. The molecule has 5 heterocycles. The van der Waals surface area contributed by atoms with Gasteiger partial charge < -0.3 is 33.6 Å². The van der Waals surface area contributed by atoms with E-state index < -0.39 is 23.4 Å². The molecule has 0 bridgehead atoms. The molecule has 1 N–H and O–H groups in total. The molecule has 0 aliphatic carbocycles. The number of anilines is 3. The second kappa shape index (κ2) is 11.1. The summed E-state index contributed by atoms with van der Waals surface area (Å²) in [6, 6.07) is 7.35. The van der Waals surface area contributed by atoms with E-state index in [0.29, 0.717) is 60.2 Å². The number of fused-ring (bicyclic) bond motifs is 3. The summed E-state index contributed by atoms with van der Waals surface area (Å²) in [5.74, 6) is 1.81. The number of imidazole rings is 1. The minimum atomic E-state index is -0.653. The van der Waals surface area contributed by atoms with Crippen LogP contribution in [-0.2, 0) is 29.1 Å². The second-order valence-corrected chi connectivity index (χ2v) is 13.0. The molecule has 0 unspecified atom stereocenters. The predicted octanol–water partition coefficient (Wildman–Crippen LogP) is 5.68. The third-order valence-electron chi connectivity index (χ3n) is 7.03. The van der Waals surface area contributed by atoms with Crippen molar-refractivity contribution >= 4 is 51.6 Å². The van der Waals surface area contributed by atoms with Crippen molar-refractivity contribution in [2.75, 3.05) is 23.8 Å². The average molecular weight is 616 g/mol. The van der Waals surface area contributed by atoms with Gasteiger partial charge in [-0.25, -0.2) is 19.6 Å². The highest BCUT2D eigenvalue weighted by molar-refractivity contribution is 5.90. The van der Waals surface area contributed by atoms with E-state index in [0.717, 1.165) is 16.9 Å². The van der Waals surface area contributed by atoms with Crippen LogP contribution in [0, 0.1) is 0 Å². The van der Waals surface area contributed by atoms with Gasteiger partial charge >= 0.3 is 12.2 Å². The van der Waals surface area contributed by atoms with Crippen molar-refractivity contribution in [1.29, 1.82) is 0 Å². The highest BCUT2D eigenvalue weighted by Crippen LogP contribution is 2.31. The van der Waals surface area contributed by atoms with E-state index in [1.54, 1.807) is 25.6 Å². The first-order valence-corrected chi connectivity index (χ1v) is 14.7. The maximum Gasteiger partial charge on any atom is 0.435 e. The maximum atomic E-state index is 12.8. The molecule has 14 nitrogen and oxygen atoms in total. The van der Waals surface area contributed by atoms with E-state index in [1.165, 1.54) is 9.58 Å². The van der Waals surface area contributed by atoms with Crippen LogP contribution >= 0.6 is 0 Å². The molecule has 1 aliphatic heterocycles. The van der Waals surface area contributed by atoms with Gasteiger partial charge in [0.05, 0.1) is 43.0 Å². The fourth-order valence-corrected chi connectivity index (χ4v) is 5.07. The van der Waals surface area contributed by atoms with Crippen LogP contribution in [-0.4, -0.2) is 71.2 Å².